The normalized spacial score (nSPS) is 15.6. The van der Waals surface area contributed by atoms with Crippen LogP contribution in [0.1, 0.15) is 193 Å². The number of aryl methyl sites for hydroxylation is 6. The summed E-state index contributed by atoms with van der Waals surface area (Å²) in [5, 5.41) is 21.7. The summed E-state index contributed by atoms with van der Waals surface area (Å²) in [7, 11) is 5.12. The minimum atomic E-state index is -0.848. The number of imidazole rings is 3. The number of benzene rings is 3. The molecule has 0 saturated carbocycles. The molecule has 3 aromatic heterocycles. The number of carboxylic acids is 1. The predicted octanol–water partition coefficient (Wildman–Crippen LogP) is 6.46. The third-order valence-corrected chi connectivity index (χ3v) is 18.5. The molecule has 3 aliphatic heterocycles. The van der Waals surface area contributed by atoms with E-state index in [1.807, 2.05) is 96.1 Å². The summed E-state index contributed by atoms with van der Waals surface area (Å²) in [5.74, 6) is -3.46. The monoisotopic (exact) mass is 1670 g/mol. The van der Waals surface area contributed by atoms with Gasteiger partial charge in [-0.3, -0.25) is 86.5 Å². The Hall–Kier alpha value is -7.93. The van der Waals surface area contributed by atoms with Crippen LogP contribution in [0.5, 0.6) is 0 Å². The van der Waals surface area contributed by atoms with Crippen molar-refractivity contribution in [3.63, 3.8) is 0 Å². The first-order valence-corrected chi connectivity index (χ1v) is 39.4. The van der Waals surface area contributed by atoms with Gasteiger partial charge in [-0.2, -0.15) is 0 Å². The first kappa shape index (κ1) is 96.4. The molecule has 0 spiro atoms. The zero-order valence-electron chi connectivity index (χ0n) is 67.1. The molecule has 6 amide bonds. The van der Waals surface area contributed by atoms with Gasteiger partial charge >= 0.3 is 53.8 Å². The van der Waals surface area contributed by atoms with Crippen LogP contribution in [0, 0.1) is 0 Å². The number of ether oxygens (including phenoxy) is 5. The third kappa shape index (κ3) is 32.2. The minimum absolute atomic E-state index is 0. The van der Waals surface area contributed by atoms with Crippen molar-refractivity contribution in [2.75, 3.05) is 77.7 Å². The molecule has 3 aliphatic rings. The van der Waals surface area contributed by atoms with Crippen LogP contribution in [0.15, 0.2) is 69.0 Å². The molecule has 0 bridgehead atoms. The molecule has 3 atom stereocenters. The number of nitrogens with one attached hydrogen (secondary N) is 5. The van der Waals surface area contributed by atoms with Crippen LogP contribution in [0.2, 0.25) is 0 Å². The van der Waals surface area contributed by atoms with Crippen molar-refractivity contribution < 1.29 is 78.9 Å². The van der Waals surface area contributed by atoms with Gasteiger partial charge in [-0.25, -0.2) is 14.4 Å². The molecule has 3 aromatic carbocycles. The van der Waals surface area contributed by atoms with Gasteiger partial charge in [0.1, 0.15) is 34.7 Å². The van der Waals surface area contributed by atoms with E-state index in [0.29, 0.717) is 69.8 Å². The number of esters is 2. The fourth-order valence-corrected chi connectivity index (χ4v) is 12.8. The van der Waals surface area contributed by atoms with E-state index in [1.165, 1.54) is 13.7 Å². The Balaban J connectivity index is 0.000000407. The number of carbonyl (C=O) groups is 9. The standard InChI is InChI=1S/C27H40N4O6.C23H32N4O6.C21H30N4O4.C6H11BrO2.BS.ClH.H2O/c1-27(2,3)37-24(33)18-28-14-6-8-16-36-15-7-5-9-19-10-11-20-22(17-19)30(4)26(35)31(20)21-12-13-23(32)29-25(21)34;1-26-19-14-16(6-2-4-12-33-13-5-3-11-24-15-21(29)30)7-8-17(19)27(23(26)32)18-9-10-20(28)25-22(18)31;1-24-18-14-15(6-2-4-12-29-13-5-3-11-22)7-8-16(18)25(21(24)28)17-9-10-19(26)23-20(17)27;1-6(2,3)9-5(8)4-7;1-2;;/h10-11,17,21,28H,5-9,12-16,18H2,1-4H3,(H,29,32,34);7-8,14,18,24H,2-6,9-13,15H2,1H3,(H,29,30)(H,25,28,31);7-8,14,17H,2-6,9-13,22H2,1H3,(H,23,26,27);4H2,1-3H3;;1H;1H2/i/hD. The van der Waals surface area contributed by atoms with E-state index in [-0.39, 0.29) is 102 Å². The Labute approximate surface area is 675 Å². The molecule has 6 heterocycles. The number of rotatable bonds is 37. The number of halogens is 2. The van der Waals surface area contributed by atoms with Crippen molar-refractivity contribution >= 4 is 134 Å². The Bertz CT molecular complexity index is 4260. The molecule has 0 aliphatic carbocycles. The van der Waals surface area contributed by atoms with Gasteiger partial charge in [-0.05, 0) is 230 Å². The van der Waals surface area contributed by atoms with Gasteiger partial charge in [-0.15, -0.1) is 12.4 Å². The topological polar surface area (TPSA) is 418 Å². The molecule has 112 heavy (non-hydrogen) atoms. The molecule has 31 nitrogen and oxygen atoms in total. The average Bonchev–Trinajstić information content (AvgIpc) is 1.63. The van der Waals surface area contributed by atoms with E-state index < -0.39 is 47.4 Å². The van der Waals surface area contributed by atoms with Crippen LogP contribution < -0.4 is 49.4 Å². The Morgan fingerprint density at radius 2 is 0.795 bits per heavy atom. The number of alkyl halides is 1. The summed E-state index contributed by atoms with van der Waals surface area (Å²) in [5.41, 5.74) is 18.0. The first-order chi connectivity index (χ1) is 53.4. The maximum absolute atomic E-state index is 12.9. The van der Waals surface area contributed by atoms with Gasteiger partial charge in [0.05, 0.1) is 46.2 Å². The van der Waals surface area contributed by atoms with E-state index in [1.54, 1.807) is 34.8 Å². The van der Waals surface area contributed by atoms with Crippen LogP contribution >= 0.6 is 40.4 Å². The van der Waals surface area contributed by atoms with E-state index >= 15 is 0 Å². The van der Waals surface area contributed by atoms with Crippen molar-refractivity contribution in [1.29, 1.82) is 0 Å². The van der Waals surface area contributed by atoms with Crippen LogP contribution in [0.3, 0.4) is 0 Å². The number of hydrogen-bond acceptors (Lipinski definition) is 21. The number of amides is 6. The molecule has 6 aromatic rings. The zero-order chi connectivity index (χ0) is 83.1. The predicted molar refractivity (Wildman–Crippen MR) is 437 cm³/mol. The second-order valence-electron chi connectivity index (χ2n) is 29.2. The van der Waals surface area contributed by atoms with Crippen molar-refractivity contribution in [2.45, 2.75) is 206 Å². The number of piperidine rings is 3. The van der Waals surface area contributed by atoms with Gasteiger partial charge in [-0.1, -0.05) is 34.1 Å². The van der Waals surface area contributed by atoms with Gasteiger partial charge in [0, 0.05) is 80.0 Å². The summed E-state index contributed by atoms with van der Waals surface area (Å²) in [6, 6.07) is 15.7. The molecule has 10 N–H and O–H groups in total. The van der Waals surface area contributed by atoms with E-state index in [2.05, 4.69) is 61.3 Å². The average molecular weight is 1670 g/mol. The molecule has 3 fully saturated rings. The summed E-state index contributed by atoms with van der Waals surface area (Å²) >= 11 is 6.58. The third-order valence-electron chi connectivity index (χ3n) is 18.1. The van der Waals surface area contributed by atoms with E-state index in [4.69, 9.17) is 41.4 Å². The summed E-state index contributed by atoms with van der Waals surface area (Å²) < 4.78 is 41.1. The van der Waals surface area contributed by atoms with Crippen molar-refractivity contribution in [3.05, 3.63) is 103 Å². The fraction of sp³-hybridized carbons (Fsp3) is 0.610. The van der Waals surface area contributed by atoms with Crippen LogP contribution in [0.25, 0.3) is 33.1 Å². The number of unbranched alkanes of at least 4 members (excludes halogenated alkanes) is 6. The van der Waals surface area contributed by atoms with Crippen LogP contribution in [0.4, 0.5) is 0 Å². The van der Waals surface area contributed by atoms with Gasteiger partial charge in [0.15, 0.2) is 0 Å². The maximum atomic E-state index is 12.9. The molecule has 1 radical (unpaired) electrons. The Morgan fingerprint density at radius 1 is 0.500 bits per heavy atom. The number of nitrogens with two attached hydrogens (primary N) is 1. The Morgan fingerprint density at radius 3 is 1.07 bits per heavy atom. The van der Waals surface area contributed by atoms with Crippen molar-refractivity contribution in [3.8, 4) is 0 Å². The van der Waals surface area contributed by atoms with Crippen molar-refractivity contribution in [2.24, 2.45) is 26.9 Å². The molecule has 3 unspecified atom stereocenters. The summed E-state index contributed by atoms with van der Waals surface area (Å²) in [6.07, 6.45) is 15.7. The number of fused-ring (bicyclic) bond motifs is 3. The summed E-state index contributed by atoms with van der Waals surface area (Å²) in [6.45, 7) is 21.7. The van der Waals surface area contributed by atoms with Crippen LogP contribution in [-0.4, -0.2) is 187 Å². The number of nitrogens with zero attached hydrogens (tertiary/aromatic N) is 6. The van der Waals surface area contributed by atoms with Gasteiger partial charge in [0.25, 0.3) is 0 Å². The number of carboxylic acid groups (broad SMARTS) is 1. The van der Waals surface area contributed by atoms with E-state index in [9.17, 15) is 57.5 Å². The second-order valence-corrected chi connectivity index (χ2v) is 29.7. The van der Waals surface area contributed by atoms with Crippen molar-refractivity contribution in [1.82, 2.24) is 54.0 Å². The summed E-state index contributed by atoms with van der Waals surface area (Å²) in [4.78, 5) is 142. The molecule has 621 valence electrons. The zero-order valence-corrected chi connectivity index (χ0v) is 69.3. The Kier molecular flexibility index (Phi) is 43.3. The number of imide groups is 3. The number of aliphatic carboxylic acids is 1. The quantitative estimate of drug-likeness (QED) is 0.00722. The number of carbonyl (C=O) groups excluding carboxylic acids is 8. The van der Waals surface area contributed by atoms with E-state index in [0.717, 1.165) is 155 Å². The second kappa shape index (κ2) is 50.3. The van der Waals surface area contributed by atoms with Gasteiger partial charge < -0.3 is 50.6 Å². The van der Waals surface area contributed by atoms with Crippen LogP contribution in [-0.2, 0) is 107 Å². The molecule has 3 saturated heterocycles. The number of hydrogen-bond donors (Lipinski definition) is 7. The van der Waals surface area contributed by atoms with Gasteiger partial charge in [0.2, 0.25) is 36.9 Å². The SMILES string of the molecule is CC(C)(C)OC(=O)CBr.Cl.Cn1c(=O)n(C2CCC(=O)NC2=O)c2ccc(CCCCOCCCCN)cc21.Cn1c(=O)n(C2CCC(=O)NC2=O)c2ccc(CCCCOCCCCNCC(=O)O)cc21.Cn1c(=O)n(C2CCC(=O)NC2=O)c2ccc(CCCCOCCCCNCC(=O)OC(C)(C)C)cc21.[2H]O.[B]=S. The molecule has 35 heteroatoms. The first-order valence-electron chi connectivity index (χ1n) is 38.3. The number of aromatic nitrogens is 6. The molecular weight excluding hydrogens is 1560 g/mol. The molecule has 9 rings (SSSR count). The molecular formula is C77H116BBrClN12O19S. The fourth-order valence-electron chi connectivity index (χ4n) is 12.7.